The van der Waals surface area contributed by atoms with E-state index in [-0.39, 0.29) is 22.6 Å². The standard InChI is InChI=1S/C12H12N4O2S/c1-4-18-12(17)10-8(5-13)11(15-7-16(2)3)19-9(10)6-14/h7H,4H2,1-3H3. The lowest BCUT2D eigenvalue weighted by Gasteiger charge is -2.01. The number of aliphatic imine (C=N–C) groups is 1. The number of hydrogen-bond acceptors (Lipinski definition) is 6. The first-order valence-electron chi connectivity index (χ1n) is 5.39. The van der Waals surface area contributed by atoms with Crippen LogP contribution in [0.25, 0.3) is 0 Å². The van der Waals surface area contributed by atoms with Crippen LogP contribution in [0.3, 0.4) is 0 Å². The van der Waals surface area contributed by atoms with E-state index in [0.717, 1.165) is 11.3 Å². The van der Waals surface area contributed by atoms with Gasteiger partial charge in [-0.25, -0.2) is 9.79 Å². The van der Waals surface area contributed by atoms with Crippen LogP contribution < -0.4 is 0 Å². The van der Waals surface area contributed by atoms with Gasteiger partial charge in [-0.15, -0.1) is 11.3 Å². The zero-order valence-corrected chi connectivity index (χ0v) is 11.6. The molecule has 0 fully saturated rings. The maximum Gasteiger partial charge on any atom is 0.341 e. The maximum atomic E-state index is 11.8. The van der Waals surface area contributed by atoms with Crippen LogP contribution in [0.1, 0.15) is 27.7 Å². The molecule has 0 saturated carbocycles. The van der Waals surface area contributed by atoms with Crippen LogP contribution >= 0.6 is 11.3 Å². The van der Waals surface area contributed by atoms with Gasteiger partial charge in [-0.3, -0.25) is 0 Å². The lowest BCUT2D eigenvalue weighted by atomic mass is 10.1. The number of ether oxygens (including phenoxy) is 1. The molecular formula is C12H12N4O2S. The van der Waals surface area contributed by atoms with E-state index in [1.54, 1.807) is 25.9 Å². The van der Waals surface area contributed by atoms with Gasteiger partial charge in [-0.2, -0.15) is 10.5 Å². The Kier molecular flexibility index (Phi) is 5.04. The third-order valence-electron chi connectivity index (χ3n) is 1.99. The minimum absolute atomic E-state index is 0.00255. The molecule has 0 unspecified atom stereocenters. The average Bonchev–Trinajstić information content (AvgIpc) is 2.74. The van der Waals surface area contributed by atoms with Crippen molar-refractivity contribution in [2.75, 3.05) is 20.7 Å². The molecule has 6 nitrogen and oxygen atoms in total. The van der Waals surface area contributed by atoms with Gasteiger partial charge in [0.1, 0.15) is 33.1 Å². The minimum Gasteiger partial charge on any atom is -0.462 e. The predicted molar refractivity (Wildman–Crippen MR) is 71.5 cm³/mol. The second kappa shape index (κ2) is 6.53. The summed E-state index contributed by atoms with van der Waals surface area (Å²) in [6.07, 6.45) is 1.50. The molecule has 0 amide bonds. The highest BCUT2D eigenvalue weighted by Gasteiger charge is 2.24. The summed E-state index contributed by atoms with van der Waals surface area (Å²) in [4.78, 5) is 17.7. The third-order valence-corrected chi connectivity index (χ3v) is 2.99. The van der Waals surface area contributed by atoms with Crippen LogP contribution in [0, 0.1) is 22.7 Å². The Hall–Kier alpha value is -2.38. The van der Waals surface area contributed by atoms with E-state index >= 15 is 0 Å². The normalized spacial score (nSPS) is 9.95. The van der Waals surface area contributed by atoms with Gasteiger partial charge in [0.2, 0.25) is 0 Å². The molecule has 1 rings (SSSR count). The Morgan fingerprint density at radius 1 is 1.47 bits per heavy atom. The van der Waals surface area contributed by atoms with Gasteiger partial charge < -0.3 is 9.64 Å². The van der Waals surface area contributed by atoms with E-state index in [2.05, 4.69) is 4.99 Å². The Bertz CT molecular complexity index is 590. The van der Waals surface area contributed by atoms with Gasteiger partial charge >= 0.3 is 5.97 Å². The highest BCUT2D eigenvalue weighted by molar-refractivity contribution is 7.17. The number of carbonyl (C=O) groups is 1. The van der Waals surface area contributed by atoms with Crippen LogP contribution in [0.2, 0.25) is 0 Å². The number of hydrogen-bond donors (Lipinski definition) is 0. The first-order chi connectivity index (χ1) is 9.04. The fraction of sp³-hybridized carbons (Fsp3) is 0.333. The van der Waals surface area contributed by atoms with Gasteiger partial charge in [0.25, 0.3) is 0 Å². The van der Waals surface area contributed by atoms with Gasteiger partial charge in [0.05, 0.1) is 12.9 Å². The molecular weight excluding hydrogens is 264 g/mol. The number of carbonyl (C=O) groups excluding carboxylic acids is 1. The molecule has 0 bridgehead atoms. The van der Waals surface area contributed by atoms with Crippen LogP contribution in [-0.2, 0) is 4.74 Å². The molecule has 19 heavy (non-hydrogen) atoms. The summed E-state index contributed by atoms with van der Waals surface area (Å²) in [6.45, 7) is 1.84. The van der Waals surface area contributed by atoms with E-state index in [1.807, 2.05) is 12.1 Å². The topological polar surface area (TPSA) is 89.5 Å². The Balaban J connectivity index is 3.35. The van der Waals surface area contributed by atoms with Crippen LogP contribution in [-0.4, -0.2) is 37.9 Å². The maximum absolute atomic E-state index is 11.8. The Morgan fingerprint density at radius 3 is 2.63 bits per heavy atom. The van der Waals surface area contributed by atoms with Crippen LogP contribution in [0.15, 0.2) is 4.99 Å². The quantitative estimate of drug-likeness (QED) is 0.476. The summed E-state index contributed by atoms with van der Waals surface area (Å²) in [5, 5.41) is 18.5. The van der Waals surface area contributed by atoms with Gasteiger partial charge in [0, 0.05) is 14.1 Å². The molecule has 0 radical (unpaired) electrons. The molecule has 7 heteroatoms. The monoisotopic (exact) mass is 276 g/mol. The number of rotatable bonds is 4. The number of thiophene rings is 1. The predicted octanol–water partition coefficient (Wildman–Crippen LogP) is 1.89. The molecule has 1 heterocycles. The highest BCUT2D eigenvalue weighted by atomic mass is 32.1. The zero-order chi connectivity index (χ0) is 14.4. The van der Waals surface area contributed by atoms with E-state index in [1.165, 1.54) is 6.34 Å². The van der Waals surface area contributed by atoms with E-state index in [0.29, 0.717) is 5.00 Å². The van der Waals surface area contributed by atoms with Crippen molar-refractivity contribution < 1.29 is 9.53 Å². The second-order valence-electron chi connectivity index (χ2n) is 3.64. The van der Waals surface area contributed by atoms with E-state index < -0.39 is 5.97 Å². The molecule has 0 spiro atoms. The summed E-state index contributed by atoms with van der Waals surface area (Å²) in [5.74, 6) is -0.668. The first kappa shape index (κ1) is 14.7. The van der Waals surface area contributed by atoms with Crippen molar-refractivity contribution in [1.82, 2.24) is 4.90 Å². The van der Waals surface area contributed by atoms with Gasteiger partial charge in [0.15, 0.2) is 0 Å². The van der Waals surface area contributed by atoms with Crippen molar-refractivity contribution in [3.05, 3.63) is 16.0 Å². The number of nitrogens with zero attached hydrogens (tertiary/aromatic N) is 4. The molecule has 0 aliphatic rings. The minimum atomic E-state index is -0.668. The summed E-state index contributed by atoms with van der Waals surface area (Å²) in [6, 6.07) is 3.80. The zero-order valence-electron chi connectivity index (χ0n) is 10.8. The fourth-order valence-electron chi connectivity index (χ4n) is 1.26. The van der Waals surface area contributed by atoms with Gasteiger partial charge in [-0.05, 0) is 6.92 Å². The molecule has 98 valence electrons. The van der Waals surface area contributed by atoms with Crippen molar-refractivity contribution >= 4 is 28.6 Å². The molecule has 0 aromatic carbocycles. The lowest BCUT2D eigenvalue weighted by molar-refractivity contribution is 0.0526. The van der Waals surface area contributed by atoms with Crippen molar-refractivity contribution in [3.8, 4) is 12.1 Å². The summed E-state index contributed by atoms with van der Waals surface area (Å²) in [7, 11) is 3.56. The van der Waals surface area contributed by atoms with E-state index in [9.17, 15) is 4.79 Å². The molecule has 0 N–H and O–H groups in total. The lowest BCUT2D eigenvalue weighted by Crippen LogP contribution is -2.07. The van der Waals surface area contributed by atoms with Crippen LogP contribution in [0.5, 0.6) is 0 Å². The molecule has 0 saturated heterocycles. The summed E-state index contributed by atoms with van der Waals surface area (Å²) < 4.78 is 4.86. The molecule has 1 aromatic heterocycles. The Morgan fingerprint density at radius 2 is 2.16 bits per heavy atom. The molecule has 0 atom stereocenters. The molecule has 0 aliphatic carbocycles. The summed E-state index contributed by atoms with van der Waals surface area (Å²) >= 11 is 0.998. The SMILES string of the molecule is CCOC(=O)c1c(C#N)sc(N=CN(C)C)c1C#N. The largest absolute Gasteiger partial charge is 0.462 e. The van der Waals surface area contributed by atoms with Gasteiger partial charge in [-0.1, -0.05) is 0 Å². The molecule has 1 aromatic rings. The van der Waals surface area contributed by atoms with Crippen molar-refractivity contribution in [3.63, 3.8) is 0 Å². The molecule has 0 aliphatic heterocycles. The average molecular weight is 276 g/mol. The van der Waals surface area contributed by atoms with Crippen molar-refractivity contribution in [2.45, 2.75) is 6.92 Å². The number of esters is 1. The van der Waals surface area contributed by atoms with Crippen molar-refractivity contribution in [2.24, 2.45) is 4.99 Å². The summed E-state index contributed by atoms with van der Waals surface area (Å²) in [5.41, 5.74) is 0.0841. The smallest absolute Gasteiger partial charge is 0.341 e. The second-order valence-corrected chi connectivity index (χ2v) is 4.64. The van der Waals surface area contributed by atoms with E-state index in [4.69, 9.17) is 15.3 Å². The highest BCUT2D eigenvalue weighted by Crippen LogP contribution is 2.35. The number of nitriles is 2. The third kappa shape index (κ3) is 3.30. The van der Waals surface area contributed by atoms with Crippen molar-refractivity contribution in [1.29, 1.82) is 10.5 Å². The van der Waals surface area contributed by atoms with Crippen LogP contribution in [0.4, 0.5) is 5.00 Å². The Labute approximate surface area is 115 Å². The first-order valence-corrected chi connectivity index (χ1v) is 6.21. The fourth-order valence-corrected chi connectivity index (χ4v) is 2.13.